The predicted molar refractivity (Wildman–Crippen MR) is 116 cm³/mol. The van der Waals surface area contributed by atoms with Crippen LogP contribution in [0.25, 0.3) is 11.1 Å². The summed E-state index contributed by atoms with van der Waals surface area (Å²) in [6.07, 6.45) is 0.130. The first-order valence-corrected chi connectivity index (χ1v) is 9.60. The van der Waals surface area contributed by atoms with Crippen molar-refractivity contribution in [3.63, 3.8) is 0 Å². The van der Waals surface area contributed by atoms with E-state index in [0.717, 1.165) is 39.1 Å². The summed E-state index contributed by atoms with van der Waals surface area (Å²) in [5, 5.41) is 2.83. The topological polar surface area (TPSA) is 55.4 Å². The van der Waals surface area contributed by atoms with Gasteiger partial charge in [-0.05, 0) is 48.6 Å². The highest BCUT2D eigenvalue weighted by molar-refractivity contribution is 5.94. The maximum absolute atomic E-state index is 12.2. The quantitative estimate of drug-likeness (QED) is 0.605. The molecule has 0 aliphatic rings. The molecule has 0 aromatic heterocycles. The van der Waals surface area contributed by atoms with Gasteiger partial charge in [-0.25, -0.2) is 0 Å². The van der Waals surface area contributed by atoms with Crippen molar-refractivity contribution in [2.24, 2.45) is 0 Å². The first-order chi connectivity index (χ1) is 13.9. The van der Waals surface area contributed by atoms with Crippen LogP contribution in [0.4, 0.5) is 5.69 Å². The summed E-state index contributed by atoms with van der Waals surface area (Å²) >= 11 is 0. The maximum atomic E-state index is 12.2. The molecule has 4 nitrogen and oxygen atoms in total. The van der Waals surface area contributed by atoms with Crippen LogP contribution in [-0.2, 0) is 20.7 Å². The lowest BCUT2D eigenvalue weighted by Gasteiger charge is -2.13. The van der Waals surface area contributed by atoms with E-state index in [9.17, 15) is 9.59 Å². The molecular weight excluding hydrogens is 362 g/mol. The summed E-state index contributed by atoms with van der Waals surface area (Å²) in [4.78, 5) is 24.3. The van der Waals surface area contributed by atoms with Gasteiger partial charge < -0.3 is 10.1 Å². The molecule has 0 atom stereocenters. The zero-order valence-corrected chi connectivity index (χ0v) is 17.0. The number of aryl methyl sites for hydroxylation is 3. The Morgan fingerprint density at radius 1 is 0.828 bits per heavy atom. The molecule has 0 aliphatic heterocycles. The number of hydrogen-bond donors (Lipinski definition) is 1. The van der Waals surface area contributed by atoms with Gasteiger partial charge in [-0.3, -0.25) is 9.59 Å². The molecule has 1 N–H and O–H groups in total. The summed E-state index contributed by atoms with van der Waals surface area (Å²) in [6.45, 7) is 5.61. The molecule has 4 heteroatoms. The smallest absolute Gasteiger partial charge is 0.310 e. The average Bonchev–Trinajstić information content (AvgIpc) is 2.70. The van der Waals surface area contributed by atoms with Gasteiger partial charge in [-0.2, -0.15) is 0 Å². The molecule has 0 heterocycles. The number of amides is 1. The minimum absolute atomic E-state index is 0.130. The molecule has 3 aromatic carbocycles. The van der Waals surface area contributed by atoms with Crippen LogP contribution in [-0.4, -0.2) is 18.5 Å². The third-order valence-corrected chi connectivity index (χ3v) is 4.72. The Morgan fingerprint density at radius 2 is 1.41 bits per heavy atom. The molecular formula is C25H25NO3. The Bertz CT molecular complexity index is 985. The van der Waals surface area contributed by atoms with Crippen LogP contribution in [0, 0.1) is 20.8 Å². The number of ether oxygens (including phenoxy) is 1. The Labute approximate surface area is 171 Å². The summed E-state index contributed by atoms with van der Waals surface area (Å²) in [5.74, 6) is -0.766. The standard InChI is InChI=1S/C25H25NO3/c1-17-13-18(2)25(19(3)14-17)26-23(27)16-29-24(28)15-20-9-11-22(12-10-20)21-7-5-4-6-8-21/h4-14H,15-16H2,1-3H3,(H,26,27). The van der Waals surface area contributed by atoms with Crippen LogP contribution in [0.3, 0.4) is 0 Å². The second-order valence-electron chi connectivity index (χ2n) is 7.22. The second kappa shape index (κ2) is 9.20. The molecule has 0 unspecified atom stereocenters. The molecule has 29 heavy (non-hydrogen) atoms. The van der Waals surface area contributed by atoms with E-state index in [4.69, 9.17) is 4.74 Å². The molecule has 0 saturated heterocycles. The Balaban J connectivity index is 1.51. The highest BCUT2D eigenvalue weighted by Gasteiger charge is 2.12. The number of anilines is 1. The van der Waals surface area contributed by atoms with E-state index in [0.29, 0.717) is 0 Å². The van der Waals surface area contributed by atoms with E-state index in [2.05, 4.69) is 5.32 Å². The zero-order valence-electron chi connectivity index (χ0n) is 17.0. The van der Waals surface area contributed by atoms with Gasteiger partial charge in [0.15, 0.2) is 6.61 Å². The lowest BCUT2D eigenvalue weighted by atomic mass is 10.0. The van der Waals surface area contributed by atoms with E-state index in [1.54, 1.807) is 0 Å². The van der Waals surface area contributed by atoms with Crippen molar-refractivity contribution in [1.29, 1.82) is 0 Å². The number of nitrogens with one attached hydrogen (secondary N) is 1. The van der Waals surface area contributed by atoms with Crippen molar-refractivity contribution in [2.75, 3.05) is 11.9 Å². The Hall–Kier alpha value is -3.40. The van der Waals surface area contributed by atoms with Crippen LogP contribution >= 0.6 is 0 Å². The van der Waals surface area contributed by atoms with Gasteiger partial charge in [0, 0.05) is 5.69 Å². The fourth-order valence-corrected chi connectivity index (χ4v) is 3.36. The predicted octanol–water partition coefficient (Wildman–Crippen LogP) is 5.00. The van der Waals surface area contributed by atoms with Gasteiger partial charge in [0.25, 0.3) is 5.91 Å². The number of carbonyl (C=O) groups excluding carboxylic acids is 2. The third kappa shape index (κ3) is 5.55. The molecule has 0 radical (unpaired) electrons. The van der Waals surface area contributed by atoms with Crippen LogP contribution in [0.5, 0.6) is 0 Å². The largest absolute Gasteiger partial charge is 0.455 e. The summed E-state index contributed by atoms with van der Waals surface area (Å²) in [5.41, 5.74) is 6.95. The second-order valence-corrected chi connectivity index (χ2v) is 7.22. The monoisotopic (exact) mass is 387 g/mol. The van der Waals surface area contributed by atoms with E-state index in [1.165, 1.54) is 0 Å². The molecule has 0 fully saturated rings. The maximum Gasteiger partial charge on any atom is 0.310 e. The lowest BCUT2D eigenvalue weighted by molar-refractivity contribution is -0.146. The Morgan fingerprint density at radius 3 is 2.03 bits per heavy atom. The number of benzene rings is 3. The van der Waals surface area contributed by atoms with E-state index < -0.39 is 5.97 Å². The fourth-order valence-electron chi connectivity index (χ4n) is 3.36. The van der Waals surface area contributed by atoms with Gasteiger partial charge >= 0.3 is 5.97 Å². The normalized spacial score (nSPS) is 10.4. The number of carbonyl (C=O) groups is 2. The van der Waals surface area contributed by atoms with Crippen LogP contribution in [0.1, 0.15) is 22.3 Å². The fraction of sp³-hybridized carbons (Fsp3) is 0.200. The molecule has 0 saturated carbocycles. The average molecular weight is 387 g/mol. The molecule has 1 amide bonds. The Kier molecular flexibility index (Phi) is 6.45. The number of esters is 1. The van der Waals surface area contributed by atoms with Crippen molar-refractivity contribution in [3.05, 3.63) is 89.0 Å². The van der Waals surface area contributed by atoms with Crippen LogP contribution < -0.4 is 5.32 Å². The van der Waals surface area contributed by atoms with Gasteiger partial charge in [-0.15, -0.1) is 0 Å². The van der Waals surface area contributed by atoms with Crippen molar-refractivity contribution >= 4 is 17.6 Å². The summed E-state index contributed by atoms with van der Waals surface area (Å²) in [6, 6.07) is 21.8. The van der Waals surface area contributed by atoms with Crippen molar-refractivity contribution in [1.82, 2.24) is 0 Å². The minimum atomic E-state index is -0.426. The van der Waals surface area contributed by atoms with Crippen molar-refractivity contribution in [3.8, 4) is 11.1 Å². The van der Waals surface area contributed by atoms with Gasteiger partial charge in [-0.1, -0.05) is 72.3 Å². The van der Waals surface area contributed by atoms with E-state index in [1.807, 2.05) is 87.5 Å². The van der Waals surface area contributed by atoms with E-state index in [-0.39, 0.29) is 18.9 Å². The number of rotatable bonds is 6. The van der Waals surface area contributed by atoms with Gasteiger partial charge in [0.05, 0.1) is 6.42 Å². The zero-order chi connectivity index (χ0) is 20.8. The molecule has 0 aliphatic carbocycles. The highest BCUT2D eigenvalue weighted by Crippen LogP contribution is 2.22. The molecule has 0 bridgehead atoms. The minimum Gasteiger partial charge on any atom is -0.455 e. The molecule has 0 spiro atoms. The van der Waals surface area contributed by atoms with E-state index >= 15 is 0 Å². The summed E-state index contributed by atoms with van der Waals surface area (Å²) < 4.78 is 5.15. The summed E-state index contributed by atoms with van der Waals surface area (Å²) in [7, 11) is 0. The van der Waals surface area contributed by atoms with Gasteiger partial charge in [0.2, 0.25) is 0 Å². The first-order valence-electron chi connectivity index (χ1n) is 9.60. The lowest BCUT2D eigenvalue weighted by Crippen LogP contribution is -2.22. The van der Waals surface area contributed by atoms with Crippen LogP contribution in [0.2, 0.25) is 0 Å². The third-order valence-electron chi connectivity index (χ3n) is 4.72. The van der Waals surface area contributed by atoms with Crippen molar-refractivity contribution < 1.29 is 14.3 Å². The molecule has 3 rings (SSSR count). The van der Waals surface area contributed by atoms with Gasteiger partial charge in [0.1, 0.15) is 0 Å². The SMILES string of the molecule is Cc1cc(C)c(NC(=O)COC(=O)Cc2ccc(-c3ccccc3)cc2)c(C)c1. The molecule has 148 valence electrons. The number of hydrogen-bond acceptors (Lipinski definition) is 3. The van der Waals surface area contributed by atoms with Crippen molar-refractivity contribution in [2.45, 2.75) is 27.2 Å². The highest BCUT2D eigenvalue weighted by atomic mass is 16.5. The first kappa shape index (κ1) is 20.3. The van der Waals surface area contributed by atoms with Crippen LogP contribution in [0.15, 0.2) is 66.7 Å². The molecule has 3 aromatic rings.